The van der Waals surface area contributed by atoms with E-state index in [9.17, 15) is 4.79 Å². The minimum atomic E-state index is -0.0755. The molecule has 1 aromatic rings. The summed E-state index contributed by atoms with van der Waals surface area (Å²) in [6.45, 7) is 9.60. The third-order valence-corrected chi connectivity index (χ3v) is 3.94. The molecule has 2 unspecified atom stereocenters. The highest BCUT2D eigenvalue weighted by molar-refractivity contribution is 5.87. The molecule has 4 nitrogen and oxygen atoms in total. The molecular weight excluding hydrogens is 300 g/mol. The van der Waals surface area contributed by atoms with Gasteiger partial charge in [0.05, 0.1) is 12.2 Å². The van der Waals surface area contributed by atoms with Crippen molar-refractivity contribution in [2.24, 2.45) is 0 Å². The molecule has 1 saturated heterocycles. The molecule has 0 aromatic heterocycles. The lowest BCUT2D eigenvalue weighted by molar-refractivity contribution is -0.116. The first-order valence-electron chi connectivity index (χ1n) is 8.59. The summed E-state index contributed by atoms with van der Waals surface area (Å²) in [5.41, 5.74) is 2.40. The van der Waals surface area contributed by atoms with Crippen molar-refractivity contribution in [3.8, 4) is 0 Å². The maximum atomic E-state index is 11.6. The molecule has 1 aliphatic rings. The molecule has 1 aromatic carbocycles. The first kappa shape index (κ1) is 18.4. The average molecular weight is 328 g/mol. The van der Waals surface area contributed by atoms with Gasteiger partial charge in [-0.2, -0.15) is 0 Å². The van der Waals surface area contributed by atoms with Gasteiger partial charge in [0.15, 0.2) is 0 Å². The highest BCUT2D eigenvalue weighted by Gasteiger charge is 2.21. The van der Waals surface area contributed by atoms with Crippen LogP contribution in [0.5, 0.6) is 0 Å². The minimum Gasteiger partial charge on any atom is -0.373 e. The van der Waals surface area contributed by atoms with Gasteiger partial charge >= 0.3 is 0 Å². The molecule has 1 aliphatic heterocycles. The number of hydrogen-bond acceptors (Lipinski definition) is 3. The van der Waals surface area contributed by atoms with Gasteiger partial charge in [-0.3, -0.25) is 9.69 Å². The van der Waals surface area contributed by atoms with Crippen molar-refractivity contribution >= 4 is 5.91 Å². The van der Waals surface area contributed by atoms with Gasteiger partial charge < -0.3 is 10.1 Å². The monoisotopic (exact) mass is 328 g/mol. The number of nitrogens with zero attached hydrogens (tertiary/aromatic N) is 1. The van der Waals surface area contributed by atoms with Crippen LogP contribution in [-0.2, 0) is 22.6 Å². The topological polar surface area (TPSA) is 41.6 Å². The van der Waals surface area contributed by atoms with Crippen LogP contribution in [0.15, 0.2) is 48.6 Å². The number of rotatable bonds is 6. The lowest BCUT2D eigenvalue weighted by atomic mass is 10.1. The zero-order valence-corrected chi connectivity index (χ0v) is 14.9. The average Bonchev–Trinajstić information content (AvgIpc) is 2.53. The Labute approximate surface area is 145 Å². The Hall–Kier alpha value is -1.91. The molecule has 1 heterocycles. The Balaban J connectivity index is 1.81. The van der Waals surface area contributed by atoms with Crippen molar-refractivity contribution in [1.82, 2.24) is 10.2 Å². The molecule has 1 N–H and O–H groups in total. The van der Waals surface area contributed by atoms with E-state index in [1.807, 2.05) is 19.1 Å². The maximum Gasteiger partial charge on any atom is 0.244 e. The maximum absolute atomic E-state index is 11.6. The third-order valence-electron chi connectivity index (χ3n) is 3.94. The Morgan fingerprint density at radius 3 is 2.42 bits per heavy atom. The molecule has 0 radical (unpaired) electrons. The van der Waals surface area contributed by atoms with Crippen LogP contribution in [0.1, 0.15) is 31.9 Å². The number of nitrogens with one attached hydrogen (secondary N) is 1. The standard InChI is InChI=1S/C20H28N2O2/c1-4-5-6-7-20(23)21-12-18-8-10-19(11-9-18)15-22-13-16(2)24-17(3)14-22/h4-11,16-17H,12-15H2,1-3H3,(H,21,23)/b5-4+,7-6+. The van der Waals surface area contributed by atoms with Crippen molar-refractivity contribution in [2.45, 2.75) is 46.1 Å². The summed E-state index contributed by atoms with van der Waals surface area (Å²) >= 11 is 0. The molecule has 0 saturated carbocycles. The van der Waals surface area contributed by atoms with Crippen molar-refractivity contribution < 1.29 is 9.53 Å². The number of allylic oxidation sites excluding steroid dienone is 3. The SMILES string of the molecule is C/C=C/C=C/C(=O)NCc1ccc(CN2CC(C)OC(C)C2)cc1. The van der Waals surface area contributed by atoms with Gasteiger partial charge in [-0.25, -0.2) is 0 Å². The molecule has 4 heteroatoms. The highest BCUT2D eigenvalue weighted by atomic mass is 16.5. The molecular formula is C20H28N2O2. The smallest absolute Gasteiger partial charge is 0.244 e. The second kappa shape index (κ2) is 9.40. The molecule has 0 spiro atoms. The summed E-state index contributed by atoms with van der Waals surface area (Å²) in [6, 6.07) is 8.45. The number of carbonyl (C=O) groups excluding carboxylic acids is 1. The van der Waals surface area contributed by atoms with E-state index in [0.29, 0.717) is 18.8 Å². The van der Waals surface area contributed by atoms with Gasteiger partial charge in [-0.1, -0.05) is 42.5 Å². The van der Waals surface area contributed by atoms with E-state index in [-0.39, 0.29) is 5.91 Å². The van der Waals surface area contributed by atoms with E-state index in [2.05, 4.69) is 48.3 Å². The van der Waals surface area contributed by atoms with E-state index < -0.39 is 0 Å². The number of ether oxygens (including phenoxy) is 1. The number of amides is 1. The van der Waals surface area contributed by atoms with Crippen LogP contribution in [0.4, 0.5) is 0 Å². The minimum absolute atomic E-state index is 0.0755. The largest absolute Gasteiger partial charge is 0.373 e. The van der Waals surface area contributed by atoms with Crippen LogP contribution < -0.4 is 5.32 Å². The molecule has 2 rings (SSSR count). The van der Waals surface area contributed by atoms with Gasteiger partial charge in [0, 0.05) is 32.3 Å². The fourth-order valence-electron chi connectivity index (χ4n) is 2.94. The lowest BCUT2D eigenvalue weighted by Crippen LogP contribution is -2.44. The number of hydrogen-bond donors (Lipinski definition) is 1. The van der Waals surface area contributed by atoms with Gasteiger partial charge in [0.1, 0.15) is 0 Å². The second-order valence-electron chi connectivity index (χ2n) is 6.37. The molecule has 24 heavy (non-hydrogen) atoms. The van der Waals surface area contributed by atoms with Gasteiger partial charge in [-0.15, -0.1) is 0 Å². The quantitative estimate of drug-likeness (QED) is 0.645. The Kier molecular flexibility index (Phi) is 7.22. The zero-order valence-electron chi connectivity index (χ0n) is 14.9. The lowest BCUT2D eigenvalue weighted by Gasteiger charge is -2.35. The van der Waals surface area contributed by atoms with E-state index >= 15 is 0 Å². The summed E-state index contributed by atoms with van der Waals surface area (Å²) in [5, 5.41) is 2.88. The first-order valence-corrected chi connectivity index (χ1v) is 8.59. The van der Waals surface area contributed by atoms with Crippen molar-refractivity contribution in [3.05, 3.63) is 59.7 Å². The summed E-state index contributed by atoms with van der Waals surface area (Å²) in [4.78, 5) is 14.1. The second-order valence-corrected chi connectivity index (χ2v) is 6.37. The predicted molar refractivity (Wildman–Crippen MR) is 97.5 cm³/mol. The van der Waals surface area contributed by atoms with Gasteiger partial charge in [0.2, 0.25) is 5.91 Å². The molecule has 0 aliphatic carbocycles. The summed E-state index contributed by atoms with van der Waals surface area (Å²) in [6.07, 6.45) is 7.58. The van der Waals surface area contributed by atoms with E-state index in [0.717, 1.165) is 25.2 Å². The fourth-order valence-corrected chi connectivity index (χ4v) is 2.94. The van der Waals surface area contributed by atoms with Crippen LogP contribution in [0.2, 0.25) is 0 Å². The normalized spacial score (nSPS) is 22.3. The van der Waals surface area contributed by atoms with Crippen molar-refractivity contribution in [2.75, 3.05) is 13.1 Å². The molecule has 130 valence electrons. The number of benzene rings is 1. The Morgan fingerprint density at radius 2 is 1.79 bits per heavy atom. The van der Waals surface area contributed by atoms with Crippen LogP contribution in [0.25, 0.3) is 0 Å². The van der Waals surface area contributed by atoms with Crippen LogP contribution in [-0.4, -0.2) is 36.1 Å². The third kappa shape index (κ3) is 6.30. The molecule has 1 fully saturated rings. The number of carbonyl (C=O) groups is 1. The van der Waals surface area contributed by atoms with E-state index in [4.69, 9.17) is 4.74 Å². The van der Waals surface area contributed by atoms with E-state index in [1.165, 1.54) is 11.6 Å². The van der Waals surface area contributed by atoms with Crippen molar-refractivity contribution in [3.63, 3.8) is 0 Å². The zero-order chi connectivity index (χ0) is 17.4. The van der Waals surface area contributed by atoms with Gasteiger partial charge in [0.25, 0.3) is 0 Å². The Bertz CT molecular complexity index is 568. The van der Waals surface area contributed by atoms with Gasteiger partial charge in [-0.05, 0) is 31.9 Å². The van der Waals surface area contributed by atoms with Crippen LogP contribution >= 0.6 is 0 Å². The van der Waals surface area contributed by atoms with Crippen LogP contribution in [0, 0.1) is 0 Å². The molecule has 1 amide bonds. The predicted octanol–water partition coefficient (Wildman–Crippen LogP) is 3.04. The Morgan fingerprint density at radius 1 is 1.17 bits per heavy atom. The summed E-state index contributed by atoms with van der Waals surface area (Å²) in [5.74, 6) is -0.0755. The number of morpholine rings is 1. The molecule has 2 atom stereocenters. The summed E-state index contributed by atoms with van der Waals surface area (Å²) < 4.78 is 5.77. The first-order chi connectivity index (χ1) is 11.6. The molecule has 0 bridgehead atoms. The highest BCUT2D eigenvalue weighted by Crippen LogP contribution is 2.14. The van der Waals surface area contributed by atoms with Crippen molar-refractivity contribution in [1.29, 1.82) is 0 Å². The fraction of sp³-hybridized carbons (Fsp3) is 0.450. The summed E-state index contributed by atoms with van der Waals surface area (Å²) in [7, 11) is 0. The van der Waals surface area contributed by atoms with E-state index in [1.54, 1.807) is 6.08 Å². The van der Waals surface area contributed by atoms with Crippen LogP contribution in [0.3, 0.4) is 0 Å².